The second kappa shape index (κ2) is 12.4. The molecule has 6 nitrogen and oxygen atoms in total. The maximum absolute atomic E-state index is 6.70. The average Bonchev–Trinajstić information content (AvgIpc) is 3.53. The summed E-state index contributed by atoms with van der Waals surface area (Å²) in [4.78, 5) is 4.71. The summed E-state index contributed by atoms with van der Waals surface area (Å²) in [5, 5.41) is 7.44. The van der Waals surface area contributed by atoms with Crippen LogP contribution in [0.25, 0.3) is 33.3 Å². The Kier molecular flexibility index (Phi) is 8.13. The lowest BCUT2D eigenvalue weighted by atomic mass is 9.72. The van der Waals surface area contributed by atoms with Crippen molar-refractivity contribution in [2.45, 2.75) is 66.7 Å². The third-order valence-corrected chi connectivity index (χ3v) is 9.81. The Morgan fingerprint density at radius 3 is 2.45 bits per heavy atom. The van der Waals surface area contributed by atoms with Gasteiger partial charge >= 0.3 is 0 Å². The number of methoxy groups -OCH3 is 1. The molecule has 0 fully saturated rings. The highest BCUT2D eigenvalue weighted by Crippen LogP contribution is 2.43. The topological polar surface area (TPSA) is 54.1 Å². The summed E-state index contributed by atoms with van der Waals surface area (Å²) >= 11 is 0. The van der Waals surface area contributed by atoms with Crippen LogP contribution in [0.4, 0.5) is 0 Å². The van der Waals surface area contributed by atoms with E-state index < -0.39 is 0 Å². The van der Waals surface area contributed by atoms with Gasteiger partial charge in [0.1, 0.15) is 23.1 Å². The largest absolute Gasteiger partial charge is 0.497 e. The molecule has 240 valence electrons. The lowest BCUT2D eigenvalue weighted by Crippen LogP contribution is -2.20. The highest BCUT2D eigenvalue weighted by atomic mass is 16.5. The quantitative estimate of drug-likeness (QED) is 0.158. The molecule has 3 aromatic carbocycles. The van der Waals surface area contributed by atoms with Gasteiger partial charge in [-0.1, -0.05) is 57.0 Å². The van der Waals surface area contributed by atoms with E-state index in [1.807, 2.05) is 12.1 Å². The fourth-order valence-electron chi connectivity index (χ4n) is 7.96. The summed E-state index contributed by atoms with van der Waals surface area (Å²) in [5.74, 6) is 4.72. The zero-order valence-corrected chi connectivity index (χ0v) is 28.5. The number of fused-ring (bicyclic) bond motifs is 3. The van der Waals surface area contributed by atoms with Crippen LogP contribution in [0.15, 0.2) is 90.6 Å². The Hall–Kier alpha value is -4.84. The second-order valence-electron chi connectivity index (χ2n) is 13.3. The number of rotatable bonds is 8. The molecule has 0 spiro atoms. The van der Waals surface area contributed by atoms with Gasteiger partial charge < -0.3 is 9.47 Å². The Morgan fingerprint density at radius 2 is 1.66 bits per heavy atom. The molecule has 7 rings (SSSR count). The van der Waals surface area contributed by atoms with Crippen LogP contribution < -0.4 is 9.47 Å². The van der Waals surface area contributed by atoms with Crippen LogP contribution >= 0.6 is 0 Å². The van der Waals surface area contributed by atoms with E-state index in [9.17, 15) is 0 Å². The van der Waals surface area contributed by atoms with Crippen LogP contribution in [-0.4, -0.2) is 26.4 Å². The lowest BCUT2D eigenvalue weighted by molar-refractivity contribution is 0.390. The summed E-state index contributed by atoms with van der Waals surface area (Å²) in [6, 6.07) is 25.1. The Balaban J connectivity index is 1.31. The van der Waals surface area contributed by atoms with E-state index in [0.29, 0.717) is 17.8 Å². The molecule has 1 unspecified atom stereocenters. The molecule has 0 saturated carbocycles. The Bertz CT molecular complexity index is 2140. The first-order chi connectivity index (χ1) is 22.7. The van der Waals surface area contributed by atoms with E-state index in [-0.39, 0.29) is 0 Å². The van der Waals surface area contributed by atoms with Gasteiger partial charge in [-0.05, 0) is 87.4 Å². The van der Waals surface area contributed by atoms with E-state index >= 15 is 0 Å². The van der Waals surface area contributed by atoms with E-state index in [1.165, 1.54) is 28.8 Å². The lowest BCUT2D eigenvalue weighted by Gasteiger charge is -2.32. The van der Waals surface area contributed by atoms with E-state index in [0.717, 1.165) is 69.1 Å². The number of allylic oxidation sites excluding steroid dienone is 2. The summed E-state index contributed by atoms with van der Waals surface area (Å²) in [6.07, 6.45) is 7.45. The molecule has 3 heterocycles. The average molecular weight is 625 g/mol. The molecule has 0 bridgehead atoms. The van der Waals surface area contributed by atoms with Gasteiger partial charge in [-0.2, -0.15) is 5.10 Å². The molecule has 3 aromatic heterocycles. The van der Waals surface area contributed by atoms with Crippen molar-refractivity contribution < 1.29 is 9.47 Å². The van der Waals surface area contributed by atoms with Gasteiger partial charge in [-0.25, -0.2) is 9.67 Å². The first-order valence-electron chi connectivity index (χ1n) is 16.9. The number of aryl methyl sites for hydroxylation is 2. The standard InChI is InChI=1S/C41H44N4O2/c1-8-11-30-20-31(45-29(6)41(28(5)43-45)40-26(3)18-25(2)19-27(40)4)22-34(21-30)47-33-14-15-36-35-12-9-10-13-37(35)44(38(36)23-33)39-24-32(46-7)16-17-42-39/h9-10,12-18,20-25,27,40H,8,11,19H2,1-7H3/t25?,27-,40+/m0/s1. The number of pyridine rings is 1. The predicted octanol–water partition coefficient (Wildman–Crippen LogP) is 10.4. The number of aromatic nitrogens is 4. The summed E-state index contributed by atoms with van der Waals surface area (Å²) in [5.41, 5.74) is 9.52. The molecule has 0 amide bonds. The van der Waals surface area contributed by atoms with Crippen molar-refractivity contribution in [1.29, 1.82) is 0 Å². The van der Waals surface area contributed by atoms with E-state index in [2.05, 4.69) is 118 Å². The van der Waals surface area contributed by atoms with E-state index in [4.69, 9.17) is 19.6 Å². The fraction of sp³-hybridized carbons (Fsp3) is 0.317. The van der Waals surface area contributed by atoms with Crippen LogP contribution in [0.1, 0.15) is 69.0 Å². The summed E-state index contributed by atoms with van der Waals surface area (Å²) in [6.45, 7) is 13.6. The highest BCUT2D eigenvalue weighted by molar-refractivity contribution is 6.09. The highest BCUT2D eigenvalue weighted by Gasteiger charge is 2.31. The summed E-state index contributed by atoms with van der Waals surface area (Å²) in [7, 11) is 1.68. The second-order valence-corrected chi connectivity index (χ2v) is 13.3. The zero-order valence-electron chi connectivity index (χ0n) is 28.5. The number of ether oxygens (including phenoxy) is 2. The Morgan fingerprint density at radius 1 is 0.851 bits per heavy atom. The van der Waals surface area contributed by atoms with Gasteiger partial charge in [0, 0.05) is 52.3 Å². The molecule has 1 aliphatic carbocycles. The predicted molar refractivity (Wildman–Crippen MR) is 192 cm³/mol. The van der Waals surface area contributed by atoms with E-state index in [1.54, 1.807) is 13.3 Å². The third-order valence-electron chi connectivity index (χ3n) is 9.81. The maximum Gasteiger partial charge on any atom is 0.141 e. The molecular formula is C41H44N4O2. The molecule has 0 N–H and O–H groups in total. The van der Waals surface area contributed by atoms with Crippen LogP contribution in [0.5, 0.6) is 17.2 Å². The first-order valence-corrected chi connectivity index (χ1v) is 16.9. The van der Waals surface area contributed by atoms with Crippen LogP contribution in [0.3, 0.4) is 0 Å². The first kappa shape index (κ1) is 30.8. The van der Waals surface area contributed by atoms with Gasteiger partial charge in [0.15, 0.2) is 0 Å². The van der Waals surface area contributed by atoms with Crippen molar-refractivity contribution in [2.75, 3.05) is 7.11 Å². The minimum Gasteiger partial charge on any atom is -0.497 e. The molecule has 0 radical (unpaired) electrons. The van der Waals surface area contributed by atoms with Crippen molar-refractivity contribution in [1.82, 2.24) is 19.3 Å². The smallest absolute Gasteiger partial charge is 0.141 e. The van der Waals surface area contributed by atoms with Crippen molar-refractivity contribution in [3.05, 3.63) is 113 Å². The number of para-hydroxylation sites is 1. The molecular weight excluding hydrogens is 580 g/mol. The number of hydrogen-bond donors (Lipinski definition) is 0. The van der Waals surface area contributed by atoms with Crippen molar-refractivity contribution in [3.8, 4) is 28.8 Å². The molecule has 6 aromatic rings. The maximum atomic E-state index is 6.70. The molecule has 0 aliphatic heterocycles. The fourth-order valence-corrected chi connectivity index (χ4v) is 7.96. The summed E-state index contributed by atoms with van der Waals surface area (Å²) < 4.78 is 16.5. The molecule has 6 heteroatoms. The minimum absolute atomic E-state index is 0.395. The monoisotopic (exact) mass is 624 g/mol. The molecule has 0 saturated heterocycles. The van der Waals surface area contributed by atoms with Gasteiger partial charge in [-0.3, -0.25) is 4.57 Å². The van der Waals surface area contributed by atoms with Crippen LogP contribution in [-0.2, 0) is 6.42 Å². The Labute approximate surface area is 277 Å². The zero-order chi connectivity index (χ0) is 32.8. The van der Waals surface area contributed by atoms with Gasteiger partial charge in [0.2, 0.25) is 0 Å². The third kappa shape index (κ3) is 5.60. The van der Waals surface area contributed by atoms with Crippen LogP contribution in [0.2, 0.25) is 0 Å². The van der Waals surface area contributed by atoms with Crippen molar-refractivity contribution >= 4 is 21.8 Å². The SMILES string of the molecule is CCCc1cc(Oc2ccc3c4ccccc4n(-c4cc(OC)ccn4)c3c2)cc(-n2nc(C)c([C@@H]3C(C)=CC(C)C[C@@H]3C)c2C)c1. The number of benzene rings is 3. The number of nitrogens with zero attached hydrogens (tertiary/aromatic N) is 4. The van der Waals surface area contributed by atoms with Gasteiger partial charge in [0.05, 0.1) is 29.5 Å². The molecule has 47 heavy (non-hydrogen) atoms. The normalized spacial score (nSPS) is 18.1. The van der Waals surface area contributed by atoms with Gasteiger partial charge in [-0.15, -0.1) is 0 Å². The minimum atomic E-state index is 0.395. The van der Waals surface area contributed by atoms with Gasteiger partial charge in [0.25, 0.3) is 0 Å². The van der Waals surface area contributed by atoms with Crippen molar-refractivity contribution in [2.24, 2.45) is 11.8 Å². The molecule has 3 atom stereocenters. The molecule has 1 aliphatic rings. The number of hydrogen-bond acceptors (Lipinski definition) is 4. The van der Waals surface area contributed by atoms with Crippen LogP contribution in [0, 0.1) is 25.7 Å². The van der Waals surface area contributed by atoms with Crippen molar-refractivity contribution in [3.63, 3.8) is 0 Å².